The van der Waals surface area contributed by atoms with E-state index in [0.717, 1.165) is 12.0 Å². The van der Waals surface area contributed by atoms with Crippen molar-refractivity contribution in [1.29, 1.82) is 0 Å². The van der Waals surface area contributed by atoms with E-state index in [1.807, 2.05) is 30.3 Å². The van der Waals surface area contributed by atoms with E-state index in [0.29, 0.717) is 6.54 Å². The predicted molar refractivity (Wildman–Crippen MR) is 51.7 cm³/mol. The third-order valence-corrected chi connectivity index (χ3v) is 2.34. The van der Waals surface area contributed by atoms with Crippen molar-refractivity contribution in [1.82, 2.24) is 0 Å². The maximum absolute atomic E-state index is 6.09. The zero-order valence-electron chi connectivity index (χ0n) is 7.46. The Bertz CT molecular complexity index is 227. The van der Waals surface area contributed by atoms with E-state index >= 15 is 0 Å². The van der Waals surface area contributed by atoms with Crippen molar-refractivity contribution in [3.63, 3.8) is 0 Å². The summed E-state index contributed by atoms with van der Waals surface area (Å²) in [4.78, 5) is 0. The number of nitrogens with two attached hydrogens (primary N) is 2. The first kappa shape index (κ1) is 9.23. The van der Waals surface area contributed by atoms with E-state index in [4.69, 9.17) is 11.5 Å². The van der Waals surface area contributed by atoms with Crippen molar-refractivity contribution < 1.29 is 0 Å². The molecular formula is C10H16N2. The van der Waals surface area contributed by atoms with Gasteiger partial charge in [0.25, 0.3) is 0 Å². The van der Waals surface area contributed by atoms with Gasteiger partial charge < -0.3 is 11.5 Å². The third-order valence-electron chi connectivity index (χ3n) is 2.34. The highest BCUT2D eigenvalue weighted by Gasteiger charge is 2.22. The molecule has 0 radical (unpaired) electrons. The Morgan fingerprint density at radius 2 is 1.83 bits per heavy atom. The van der Waals surface area contributed by atoms with E-state index < -0.39 is 0 Å². The highest BCUT2D eigenvalue weighted by molar-refractivity contribution is 5.24. The summed E-state index contributed by atoms with van der Waals surface area (Å²) in [6.45, 7) is 2.55. The van der Waals surface area contributed by atoms with Crippen LogP contribution in [0, 0.1) is 0 Å². The molecule has 1 rings (SSSR count). The molecule has 0 saturated heterocycles. The lowest BCUT2D eigenvalue weighted by Gasteiger charge is -2.26. The Hall–Kier alpha value is -0.860. The van der Waals surface area contributed by atoms with Crippen LogP contribution in [0.3, 0.4) is 0 Å². The van der Waals surface area contributed by atoms with E-state index in [9.17, 15) is 0 Å². The molecule has 0 spiro atoms. The first-order valence-corrected chi connectivity index (χ1v) is 4.27. The molecule has 2 nitrogen and oxygen atoms in total. The third kappa shape index (κ3) is 1.65. The average Bonchev–Trinajstić information content (AvgIpc) is 2.18. The number of rotatable bonds is 3. The normalized spacial score (nSPS) is 15.6. The fourth-order valence-corrected chi connectivity index (χ4v) is 1.24. The quantitative estimate of drug-likeness (QED) is 0.705. The summed E-state index contributed by atoms with van der Waals surface area (Å²) in [6.07, 6.45) is 0.869. The summed E-state index contributed by atoms with van der Waals surface area (Å²) < 4.78 is 0. The molecule has 4 N–H and O–H groups in total. The van der Waals surface area contributed by atoms with Crippen LogP contribution in [0.4, 0.5) is 0 Å². The van der Waals surface area contributed by atoms with Gasteiger partial charge in [-0.1, -0.05) is 37.3 Å². The second-order valence-electron chi connectivity index (χ2n) is 3.08. The number of hydrogen-bond donors (Lipinski definition) is 2. The fourth-order valence-electron chi connectivity index (χ4n) is 1.24. The molecule has 0 aliphatic heterocycles. The molecule has 0 saturated carbocycles. The lowest BCUT2D eigenvalue weighted by molar-refractivity contribution is 0.440. The minimum absolute atomic E-state index is 0.346. The zero-order chi connectivity index (χ0) is 9.03. The van der Waals surface area contributed by atoms with Crippen molar-refractivity contribution >= 4 is 0 Å². The SMILES string of the molecule is CCC(N)(CN)c1ccccc1. The van der Waals surface area contributed by atoms with Gasteiger partial charge in [0.05, 0.1) is 5.54 Å². The summed E-state index contributed by atoms with van der Waals surface area (Å²) in [5.74, 6) is 0. The second-order valence-corrected chi connectivity index (χ2v) is 3.08. The molecule has 1 aromatic carbocycles. The molecule has 2 heteroatoms. The molecule has 12 heavy (non-hydrogen) atoms. The fraction of sp³-hybridized carbons (Fsp3) is 0.400. The minimum Gasteiger partial charge on any atom is -0.328 e. The molecule has 0 heterocycles. The Kier molecular flexibility index (Phi) is 2.84. The van der Waals surface area contributed by atoms with E-state index in [1.165, 1.54) is 0 Å². The topological polar surface area (TPSA) is 52.0 Å². The molecule has 0 aromatic heterocycles. The molecule has 0 aliphatic rings. The van der Waals surface area contributed by atoms with Crippen LogP contribution in [0.1, 0.15) is 18.9 Å². The van der Waals surface area contributed by atoms with Gasteiger partial charge in [0.2, 0.25) is 0 Å². The second kappa shape index (κ2) is 3.70. The van der Waals surface area contributed by atoms with Crippen molar-refractivity contribution in [2.75, 3.05) is 6.54 Å². The van der Waals surface area contributed by atoms with Crippen LogP contribution in [-0.4, -0.2) is 6.54 Å². The van der Waals surface area contributed by atoms with Crippen LogP contribution >= 0.6 is 0 Å². The van der Waals surface area contributed by atoms with Crippen molar-refractivity contribution in [2.24, 2.45) is 11.5 Å². The summed E-state index contributed by atoms with van der Waals surface area (Å²) in [5, 5.41) is 0. The van der Waals surface area contributed by atoms with E-state index in [1.54, 1.807) is 0 Å². The molecule has 0 aliphatic carbocycles. The molecule has 66 valence electrons. The summed E-state index contributed by atoms with van der Waals surface area (Å²) in [5.41, 5.74) is 12.5. The van der Waals surface area contributed by atoms with Gasteiger partial charge in [-0.05, 0) is 12.0 Å². The van der Waals surface area contributed by atoms with Crippen LogP contribution < -0.4 is 11.5 Å². The van der Waals surface area contributed by atoms with Crippen LogP contribution in [-0.2, 0) is 5.54 Å². The molecule has 0 bridgehead atoms. The maximum Gasteiger partial charge on any atom is 0.0531 e. The zero-order valence-corrected chi connectivity index (χ0v) is 7.46. The van der Waals surface area contributed by atoms with Gasteiger partial charge in [0, 0.05) is 6.54 Å². The van der Waals surface area contributed by atoms with Gasteiger partial charge in [-0.15, -0.1) is 0 Å². The van der Waals surface area contributed by atoms with Gasteiger partial charge in [0.1, 0.15) is 0 Å². The Morgan fingerprint density at radius 1 is 1.25 bits per heavy atom. The van der Waals surface area contributed by atoms with Gasteiger partial charge in [-0.2, -0.15) is 0 Å². The van der Waals surface area contributed by atoms with Gasteiger partial charge >= 0.3 is 0 Å². The lowest BCUT2D eigenvalue weighted by Crippen LogP contribution is -2.43. The maximum atomic E-state index is 6.09. The van der Waals surface area contributed by atoms with Crippen molar-refractivity contribution in [3.8, 4) is 0 Å². The summed E-state index contributed by atoms with van der Waals surface area (Å²) in [6, 6.07) is 10.0. The monoisotopic (exact) mass is 164 g/mol. The lowest BCUT2D eigenvalue weighted by atomic mass is 9.89. The highest BCUT2D eigenvalue weighted by atomic mass is 14.8. The van der Waals surface area contributed by atoms with Crippen LogP contribution in [0.15, 0.2) is 30.3 Å². The van der Waals surface area contributed by atoms with Gasteiger partial charge in [0.15, 0.2) is 0 Å². The van der Waals surface area contributed by atoms with Crippen molar-refractivity contribution in [3.05, 3.63) is 35.9 Å². The average molecular weight is 164 g/mol. The molecule has 1 aromatic rings. The molecular weight excluding hydrogens is 148 g/mol. The first-order chi connectivity index (χ1) is 5.73. The van der Waals surface area contributed by atoms with Crippen molar-refractivity contribution in [2.45, 2.75) is 18.9 Å². The Balaban J connectivity index is 2.95. The number of hydrogen-bond acceptors (Lipinski definition) is 2. The summed E-state index contributed by atoms with van der Waals surface area (Å²) >= 11 is 0. The van der Waals surface area contributed by atoms with Crippen LogP contribution in [0.2, 0.25) is 0 Å². The Labute approximate surface area is 73.6 Å². The van der Waals surface area contributed by atoms with Crippen LogP contribution in [0.25, 0.3) is 0 Å². The first-order valence-electron chi connectivity index (χ1n) is 4.27. The largest absolute Gasteiger partial charge is 0.328 e. The highest BCUT2D eigenvalue weighted by Crippen LogP contribution is 2.19. The number of benzene rings is 1. The molecule has 1 atom stereocenters. The summed E-state index contributed by atoms with van der Waals surface area (Å²) in [7, 11) is 0. The van der Waals surface area contributed by atoms with Gasteiger partial charge in [-0.25, -0.2) is 0 Å². The molecule has 0 fully saturated rings. The van der Waals surface area contributed by atoms with E-state index in [2.05, 4.69) is 6.92 Å². The van der Waals surface area contributed by atoms with Gasteiger partial charge in [-0.3, -0.25) is 0 Å². The van der Waals surface area contributed by atoms with Crippen LogP contribution in [0.5, 0.6) is 0 Å². The Morgan fingerprint density at radius 3 is 2.25 bits per heavy atom. The van der Waals surface area contributed by atoms with E-state index in [-0.39, 0.29) is 5.54 Å². The standard InChI is InChI=1S/C10H16N2/c1-2-10(12,8-11)9-6-4-3-5-7-9/h3-7H,2,8,11-12H2,1H3. The minimum atomic E-state index is -0.346. The smallest absolute Gasteiger partial charge is 0.0531 e. The predicted octanol–water partition coefficient (Wildman–Crippen LogP) is 1.21. The molecule has 0 amide bonds. The molecule has 1 unspecified atom stereocenters.